The van der Waals surface area contributed by atoms with E-state index in [-0.39, 0.29) is 5.25 Å². The Bertz CT molecular complexity index is 496. The lowest BCUT2D eigenvalue weighted by atomic mass is 10.1. The van der Waals surface area contributed by atoms with E-state index in [1.165, 1.54) is 5.56 Å². The van der Waals surface area contributed by atoms with E-state index in [0.29, 0.717) is 6.54 Å². The Kier molecular flexibility index (Phi) is 7.75. The van der Waals surface area contributed by atoms with Gasteiger partial charge in [-0.2, -0.15) is 0 Å². The van der Waals surface area contributed by atoms with E-state index in [9.17, 15) is 8.42 Å². The number of unbranched alkanes of at least 4 members (excludes halogenated alkanes) is 2. The van der Waals surface area contributed by atoms with Crippen LogP contribution in [0.25, 0.3) is 0 Å². The smallest absolute Gasteiger partial charge is 0.213 e. The first-order chi connectivity index (χ1) is 9.95. The van der Waals surface area contributed by atoms with Crippen molar-refractivity contribution in [2.45, 2.75) is 51.7 Å². The second-order valence-electron chi connectivity index (χ2n) is 5.53. The Labute approximate surface area is 129 Å². The average molecular weight is 312 g/mol. The summed E-state index contributed by atoms with van der Waals surface area (Å²) in [5.74, 6) is 0. The summed E-state index contributed by atoms with van der Waals surface area (Å²) in [5, 5.41) is 3.03. The molecule has 5 heteroatoms. The van der Waals surface area contributed by atoms with Gasteiger partial charge in [0.25, 0.3) is 0 Å². The van der Waals surface area contributed by atoms with E-state index in [2.05, 4.69) is 41.2 Å². The number of hydrogen-bond donors (Lipinski definition) is 2. The second-order valence-corrected chi connectivity index (χ2v) is 7.85. The Morgan fingerprint density at radius 3 is 2.19 bits per heavy atom. The van der Waals surface area contributed by atoms with Gasteiger partial charge in [-0.05, 0) is 50.8 Å². The molecular formula is C16H28N2O2S. The van der Waals surface area contributed by atoms with Crippen molar-refractivity contribution in [3.8, 4) is 0 Å². The number of anilines is 1. The van der Waals surface area contributed by atoms with Gasteiger partial charge in [-0.25, -0.2) is 13.1 Å². The second kappa shape index (κ2) is 9.05. The number of benzene rings is 1. The molecule has 0 aliphatic carbocycles. The molecule has 2 N–H and O–H groups in total. The highest BCUT2D eigenvalue weighted by Gasteiger charge is 2.13. The normalized spacial score (nSPS) is 11.8. The number of hydrogen-bond acceptors (Lipinski definition) is 3. The van der Waals surface area contributed by atoms with Crippen LogP contribution in [-0.4, -0.2) is 26.8 Å². The van der Waals surface area contributed by atoms with Gasteiger partial charge >= 0.3 is 0 Å². The molecule has 0 atom stereocenters. The molecule has 1 aromatic rings. The Morgan fingerprint density at radius 1 is 1.00 bits per heavy atom. The molecule has 0 aliphatic rings. The lowest BCUT2D eigenvalue weighted by molar-refractivity contribution is 0.566. The molecule has 0 saturated carbocycles. The van der Waals surface area contributed by atoms with Gasteiger partial charge < -0.3 is 5.32 Å². The summed E-state index contributed by atoms with van der Waals surface area (Å²) in [6.07, 6.45) is 3.99. The largest absolute Gasteiger partial charge is 0.385 e. The summed E-state index contributed by atoms with van der Waals surface area (Å²) in [6.45, 7) is 6.98. The summed E-state index contributed by atoms with van der Waals surface area (Å²) in [4.78, 5) is 0. The van der Waals surface area contributed by atoms with Crippen molar-refractivity contribution in [3.63, 3.8) is 0 Å². The van der Waals surface area contributed by atoms with Crippen LogP contribution in [0.2, 0.25) is 0 Å². The number of nitrogens with one attached hydrogen (secondary N) is 2. The van der Waals surface area contributed by atoms with Crippen LogP contribution >= 0.6 is 0 Å². The lowest BCUT2D eigenvalue weighted by Gasteiger charge is -2.10. The van der Waals surface area contributed by atoms with E-state index in [1.807, 2.05) is 0 Å². The quantitative estimate of drug-likeness (QED) is 0.652. The molecule has 0 aliphatic heterocycles. The predicted octanol–water partition coefficient (Wildman–Crippen LogP) is 3.16. The van der Waals surface area contributed by atoms with Crippen LogP contribution < -0.4 is 10.0 Å². The molecule has 0 spiro atoms. The summed E-state index contributed by atoms with van der Waals surface area (Å²) in [7, 11) is -3.11. The molecule has 0 unspecified atom stereocenters. The zero-order chi connectivity index (χ0) is 15.7. The van der Waals surface area contributed by atoms with E-state index >= 15 is 0 Å². The van der Waals surface area contributed by atoms with Gasteiger partial charge in [0.15, 0.2) is 0 Å². The molecule has 0 amide bonds. The predicted molar refractivity (Wildman–Crippen MR) is 90.2 cm³/mol. The Hall–Kier alpha value is -1.07. The maximum absolute atomic E-state index is 11.5. The van der Waals surface area contributed by atoms with Crippen LogP contribution in [0.15, 0.2) is 24.3 Å². The van der Waals surface area contributed by atoms with Crippen molar-refractivity contribution < 1.29 is 8.42 Å². The van der Waals surface area contributed by atoms with Crippen molar-refractivity contribution in [1.29, 1.82) is 0 Å². The van der Waals surface area contributed by atoms with Gasteiger partial charge in [0.1, 0.15) is 0 Å². The minimum absolute atomic E-state index is 0.356. The minimum Gasteiger partial charge on any atom is -0.385 e. The maximum atomic E-state index is 11.5. The molecule has 1 aromatic carbocycles. The summed E-state index contributed by atoms with van der Waals surface area (Å²) in [6, 6.07) is 8.50. The third-order valence-corrected chi connectivity index (χ3v) is 5.32. The first-order valence-corrected chi connectivity index (χ1v) is 9.31. The first-order valence-electron chi connectivity index (χ1n) is 7.77. The fourth-order valence-corrected chi connectivity index (χ4v) is 2.66. The van der Waals surface area contributed by atoms with E-state index in [4.69, 9.17) is 0 Å². The topological polar surface area (TPSA) is 58.2 Å². The molecule has 0 fully saturated rings. The summed E-state index contributed by atoms with van der Waals surface area (Å²) in [5.41, 5.74) is 2.49. The van der Waals surface area contributed by atoms with Crippen LogP contribution in [0.5, 0.6) is 0 Å². The van der Waals surface area contributed by atoms with Crippen LogP contribution in [0.3, 0.4) is 0 Å². The van der Waals surface area contributed by atoms with Gasteiger partial charge in [-0.3, -0.25) is 0 Å². The average Bonchev–Trinajstić information content (AvgIpc) is 2.46. The SMILES string of the molecule is CCc1ccc(NCCCCCNS(=O)(=O)C(C)C)cc1. The van der Waals surface area contributed by atoms with Crippen molar-refractivity contribution in [2.24, 2.45) is 0 Å². The molecule has 4 nitrogen and oxygen atoms in total. The van der Waals surface area contributed by atoms with Crippen molar-refractivity contribution >= 4 is 15.7 Å². The Morgan fingerprint density at radius 2 is 1.62 bits per heavy atom. The van der Waals surface area contributed by atoms with E-state index in [0.717, 1.165) is 37.9 Å². The molecular weight excluding hydrogens is 284 g/mol. The van der Waals surface area contributed by atoms with Crippen LogP contribution in [0, 0.1) is 0 Å². The Balaban J connectivity index is 2.09. The third-order valence-electron chi connectivity index (χ3n) is 3.47. The van der Waals surface area contributed by atoms with Gasteiger partial charge in [-0.15, -0.1) is 0 Å². The van der Waals surface area contributed by atoms with Crippen LogP contribution in [-0.2, 0) is 16.4 Å². The first kappa shape index (κ1) is 18.0. The lowest BCUT2D eigenvalue weighted by Crippen LogP contribution is -2.31. The standard InChI is InChI=1S/C16H28N2O2S/c1-4-15-8-10-16(11-9-15)17-12-6-5-7-13-18-21(19,20)14(2)3/h8-11,14,17-18H,4-7,12-13H2,1-3H3. The van der Waals surface area contributed by atoms with Crippen LogP contribution in [0.1, 0.15) is 45.6 Å². The third kappa shape index (κ3) is 6.96. The molecule has 0 aromatic heterocycles. The highest BCUT2D eigenvalue weighted by molar-refractivity contribution is 7.90. The summed E-state index contributed by atoms with van der Waals surface area (Å²) < 4.78 is 25.7. The molecule has 0 heterocycles. The highest BCUT2D eigenvalue weighted by Crippen LogP contribution is 2.10. The van der Waals surface area contributed by atoms with Crippen LogP contribution in [0.4, 0.5) is 5.69 Å². The number of aryl methyl sites for hydroxylation is 1. The van der Waals surface area contributed by atoms with Crippen molar-refractivity contribution in [1.82, 2.24) is 4.72 Å². The molecule has 21 heavy (non-hydrogen) atoms. The molecule has 0 saturated heterocycles. The van der Waals surface area contributed by atoms with Crippen molar-refractivity contribution in [2.75, 3.05) is 18.4 Å². The van der Waals surface area contributed by atoms with E-state index in [1.54, 1.807) is 13.8 Å². The van der Waals surface area contributed by atoms with Gasteiger partial charge in [0, 0.05) is 18.8 Å². The fourth-order valence-electron chi connectivity index (χ4n) is 1.90. The number of sulfonamides is 1. The van der Waals surface area contributed by atoms with E-state index < -0.39 is 10.0 Å². The van der Waals surface area contributed by atoms with Gasteiger partial charge in [-0.1, -0.05) is 25.5 Å². The zero-order valence-corrected chi connectivity index (χ0v) is 14.2. The molecule has 0 bridgehead atoms. The number of rotatable bonds is 10. The zero-order valence-electron chi connectivity index (χ0n) is 13.4. The molecule has 1 rings (SSSR count). The molecule has 120 valence electrons. The fraction of sp³-hybridized carbons (Fsp3) is 0.625. The minimum atomic E-state index is -3.11. The monoisotopic (exact) mass is 312 g/mol. The highest BCUT2D eigenvalue weighted by atomic mass is 32.2. The molecule has 0 radical (unpaired) electrons. The van der Waals surface area contributed by atoms with Gasteiger partial charge in [0.05, 0.1) is 5.25 Å². The van der Waals surface area contributed by atoms with Crippen molar-refractivity contribution in [3.05, 3.63) is 29.8 Å². The van der Waals surface area contributed by atoms with Gasteiger partial charge in [0.2, 0.25) is 10.0 Å². The maximum Gasteiger partial charge on any atom is 0.213 e. The summed E-state index contributed by atoms with van der Waals surface area (Å²) >= 11 is 0.